The van der Waals surface area contributed by atoms with Crippen molar-refractivity contribution in [2.24, 2.45) is 5.41 Å². The van der Waals surface area contributed by atoms with E-state index in [1.165, 1.54) is 7.11 Å². The smallest absolute Gasteiger partial charge is 0.328 e. The SMILES string of the molecule is COC(=O)C(C)NC(=O)C1NCCCC1(C)C. The van der Waals surface area contributed by atoms with Crippen LogP contribution in [0.2, 0.25) is 0 Å². The highest BCUT2D eigenvalue weighted by Crippen LogP contribution is 2.30. The molecule has 0 aromatic heterocycles. The van der Waals surface area contributed by atoms with E-state index in [0.29, 0.717) is 0 Å². The van der Waals surface area contributed by atoms with Gasteiger partial charge in [0.05, 0.1) is 13.2 Å². The van der Waals surface area contributed by atoms with Gasteiger partial charge in [0.15, 0.2) is 0 Å². The number of carbonyl (C=O) groups excluding carboxylic acids is 2. The van der Waals surface area contributed by atoms with Crippen LogP contribution in [0.4, 0.5) is 0 Å². The number of nitrogens with one attached hydrogen (secondary N) is 2. The number of piperidine rings is 1. The lowest BCUT2D eigenvalue weighted by Gasteiger charge is -2.38. The molecular weight excluding hydrogens is 220 g/mol. The van der Waals surface area contributed by atoms with Crippen LogP contribution < -0.4 is 10.6 Å². The van der Waals surface area contributed by atoms with E-state index in [1.807, 2.05) is 0 Å². The predicted octanol–water partition coefficient (Wildman–Crippen LogP) is 0.442. The van der Waals surface area contributed by atoms with E-state index in [9.17, 15) is 9.59 Å². The highest BCUT2D eigenvalue weighted by Gasteiger charge is 2.37. The number of amides is 1. The van der Waals surface area contributed by atoms with Gasteiger partial charge in [-0.25, -0.2) is 4.79 Å². The van der Waals surface area contributed by atoms with Crippen molar-refractivity contribution < 1.29 is 14.3 Å². The third-order valence-corrected chi connectivity index (χ3v) is 3.30. The second-order valence-corrected chi connectivity index (χ2v) is 5.23. The number of hydrogen-bond donors (Lipinski definition) is 2. The summed E-state index contributed by atoms with van der Waals surface area (Å²) in [5.74, 6) is -0.556. The minimum Gasteiger partial charge on any atom is -0.467 e. The molecule has 0 bridgehead atoms. The first-order chi connectivity index (χ1) is 7.88. The number of methoxy groups -OCH3 is 1. The second-order valence-electron chi connectivity index (χ2n) is 5.23. The molecule has 0 aromatic carbocycles. The van der Waals surface area contributed by atoms with Crippen LogP contribution in [0, 0.1) is 5.41 Å². The van der Waals surface area contributed by atoms with Gasteiger partial charge < -0.3 is 15.4 Å². The molecule has 0 radical (unpaired) electrons. The zero-order valence-electron chi connectivity index (χ0n) is 11.0. The second kappa shape index (κ2) is 5.49. The van der Waals surface area contributed by atoms with Gasteiger partial charge in [-0.2, -0.15) is 0 Å². The van der Waals surface area contributed by atoms with Crippen molar-refractivity contribution in [1.82, 2.24) is 10.6 Å². The summed E-state index contributed by atoms with van der Waals surface area (Å²) >= 11 is 0. The van der Waals surface area contributed by atoms with Gasteiger partial charge >= 0.3 is 5.97 Å². The number of carbonyl (C=O) groups is 2. The Hall–Kier alpha value is -1.10. The monoisotopic (exact) mass is 242 g/mol. The van der Waals surface area contributed by atoms with Gasteiger partial charge in [0, 0.05) is 0 Å². The Kier molecular flexibility index (Phi) is 4.51. The molecule has 1 amide bonds. The minimum absolute atomic E-state index is 0.0851. The Morgan fingerprint density at radius 3 is 2.65 bits per heavy atom. The molecule has 98 valence electrons. The van der Waals surface area contributed by atoms with Crippen LogP contribution in [0.3, 0.4) is 0 Å². The van der Waals surface area contributed by atoms with Crippen molar-refractivity contribution in [3.63, 3.8) is 0 Å². The maximum atomic E-state index is 12.1. The Labute approximate surface area is 102 Å². The molecule has 17 heavy (non-hydrogen) atoms. The molecule has 2 atom stereocenters. The van der Waals surface area contributed by atoms with E-state index in [0.717, 1.165) is 19.4 Å². The van der Waals surface area contributed by atoms with E-state index >= 15 is 0 Å². The molecule has 1 fully saturated rings. The molecule has 5 nitrogen and oxygen atoms in total. The van der Waals surface area contributed by atoms with Crippen LogP contribution in [0.15, 0.2) is 0 Å². The lowest BCUT2D eigenvalue weighted by molar-refractivity contribution is -0.145. The summed E-state index contributed by atoms with van der Waals surface area (Å²) in [5.41, 5.74) is -0.0851. The summed E-state index contributed by atoms with van der Waals surface area (Å²) in [6.07, 6.45) is 2.08. The van der Waals surface area contributed by atoms with Gasteiger partial charge in [0.25, 0.3) is 0 Å². The first-order valence-corrected chi connectivity index (χ1v) is 6.00. The van der Waals surface area contributed by atoms with Crippen LogP contribution in [0.1, 0.15) is 33.6 Å². The normalized spacial score (nSPS) is 24.8. The van der Waals surface area contributed by atoms with E-state index in [4.69, 9.17) is 0 Å². The topological polar surface area (TPSA) is 67.4 Å². The first kappa shape index (κ1) is 14.0. The van der Waals surface area contributed by atoms with Crippen LogP contribution in [-0.4, -0.2) is 37.6 Å². The molecule has 0 aromatic rings. The van der Waals surface area contributed by atoms with Gasteiger partial charge in [-0.05, 0) is 31.7 Å². The summed E-state index contributed by atoms with van der Waals surface area (Å²) < 4.78 is 4.58. The average Bonchev–Trinajstić information content (AvgIpc) is 2.26. The molecule has 0 spiro atoms. The number of esters is 1. The summed E-state index contributed by atoms with van der Waals surface area (Å²) in [5, 5.41) is 5.89. The fourth-order valence-electron chi connectivity index (χ4n) is 2.19. The molecule has 1 rings (SSSR count). The zero-order chi connectivity index (χ0) is 13.1. The van der Waals surface area contributed by atoms with Crippen molar-refractivity contribution in [1.29, 1.82) is 0 Å². The molecule has 1 aliphatic heterocycles. The third-order valence-electron chi connectivity index (χ3n) is 3.30. The largest absolute Gasteiger partial charge is 0.467 e. The zero-order valence-corrected chi connectivity index (χ0v) is 11.0. The number of ether oxygens (including phenoxy) is 1. The number of hydrogen-bond acceptors (Lipinski definition) is 4. The highest BCUT2D eigenvalue weighted by molar-refractivity contribution is 5.87. The van der Waals surface area contributed by atoms with Crippen molar-refractivity contribution in [2.75, 3.05) is 13.7 Å². The first-order valence-electron chi connectivity index (χ1n) is 6.00. The van der Waals surface area contributed by atoms with E-state index in [2.05, 4.69) is 29.2 Å². The van der Waals surface area contributed by atoms with Crippen LogP contribution in [-0.2, 0) is 14.3 Å². The van der Waals surface area contributed by atoms with Gasteiger partial charge in [0.2, 0.25) is 5.91 Å². The van der Waals surface area contributed by atoms with Crippen LogP contribution in [0.5, 0.6) is 0 Å². The van der Waals surface area contributed by atoms with Crippen LogP contribution in [0.25, 0.3) is 0 Å². The summed E-state index contributed by atoms with van der Waals surface area (Å²) in [7, 11) is 1.31. The molecule has 5 heteroatoms. The highest BCUT2D eigenvalue weighted by atomic mass is 16.5. The van der Waals surface area contributed by atoms with E-state index < -0.39 is 12.0 Å². The minimum atomic E-state index is -0.605. The Morgan fingerprint density at radius 1 is 1.47 bits per heavy atom. The van der Waals surface area contributed by atoms with Gasteiger partial charge in [0.1, 0.15) is 6.04 Å². The quantitative estimate of drug-likeness (QED) is 0.705. The van der Waals surface area contributed by atoms with Crippen molar-refractivity contribution >= 4 is 11.9 Å². The Morgan fingerprint density at radius 2 is 2.12 bits per heavy atom. The third kappa shape index (κ3) is 3.43. The van der Waals surface area contributed by atoms with Gasteiger partial charge in [-0.1, -0.05) is 13.8 Å². The van der Waals surface area contributed by atoms with Crippen LogP contribution >= 0.6 is 0 Å². The molecule has 0 aliphatic carbocycles. The average molecular weight is 242 g/mol. The maximum Gasteiger partial charge on any atom is 0.328 e. The van der Waals surface area contributed by atoms with E-state index in [1.54, 1.807) is 6.92 Å². The standard InChI is InChI=1S/C12H22N2O3/c1-8(11(16)17-4)14-10(15)9-12(2,3)6-5-7-13-9/h8-9,13H,5-7H2,1-4H3,(H,14,15). The van der Waals surface area contributed by atoms with Crippen molar-refractivity contribution in [3.8, 4) is 0 Å². The molecule has 0 saturated carbocycles. The summed E-state index contributed by atoms with van der Waals surface area (Å²) in [6.45, 7) is 6.59. The lowest BCUT2D eigenvalue weighted by atomic mass is 9.77. The van der Waals surface area contributed by atoms with Gasteiger partial charge in [-0.3, -0.25) is 4.79 Å². The Balaban J connectivity index is 2.60. The fraction of sp³-hybridized carbons (Fsp3) is 0.833. The fourth-order valence-corrected chi connectivity index (χ4v) is 2.19. The Bertz CT molecular complexity index is 302. The molecule has 2 unspecified atom stereocenters. The lowest BCUT2D eigenvalue weighted by Crippen LogP contribution is -2.57. The molecule has 1 saturated heterocycles. The van der Waals surface area contributed by atoms with E-state index in [-0.39, 0.29) is 17.4 Å². The predicted molar refractivity (Wildman–Crippen MR) is 64.4 cm³/mol. The number of rotatable bonds is 3. The molecule has 1 heterocycles. The van der Waals surface area contributed by atoms with Crippen molar-refractivity contribution in [3.05, 3.63) is 0 Å². The molecule has 1 aliphatic rings. The maximum absolute atomic E-state index is 12.1. The van der Waals surface area contributed by atoms with Gasteiger partial charge in [-0.15, -0.1) is 0 Å². The summed E-state index contributed by atoms with van der Waals surface area (Å²) in [4.78, 5) is 23.3. The molecule has 2 N–H and O–H groups in total. The van der Waals surface area contributed by atoms with Crippen molar-refractivity contribution in [2.45, 2.75) is 45.7 Å². The summed E-state index contributed by atoms with van der Waals surface area (Å²) in [6, 6.07) is -0.851. The molecular formula is C12H22N2O3.